The fraction of sp³-hybridized carbons (Fsp3) is 0.409. The number of hydrogen-bond acceptors (Lipinski definition) is 5. The number of halogens is 3. The second-order valence-corrected chi connectivity index (χ2v) is 8.54. The first-order chi connectivity index (χ1) is 15.2. The molecule has 1 fully saturated rings. The number of aromatic nitrogens is 1. The Morgan fingerprint density at radius 3 is 2.70 bits per heavy atom. The zero-order chi connectivity index (χ0) is 23.2. The molecule has 0 unspecified atom stereocenters. The summed E-state index contributed by atoms with van der Waals surface area (Å²) in [6.45, 7) is 2.37. The van der Waals surface area contributed by atoms with Crippen LogP contribution in [0.2, 0.25) is 5.02 Å². The second kappa shape index (κ2) is 9.32. The Balaban J connectivity index is 0.00000306. The molecule has 11 heteroatoms. The van der Waals surface area contributed by atoms with Crippen molar-refractivity contribution < 1.29 is 23.8 Å². The monoisotopic (exact) mass is 499 g/mol. The molecule has 0 atom stereocenters. The average Bonchev–Trinajstić information content (AvgIpc) is 2.74. The molecule has 1 aromatic carbocycles. The maximum absolute atomic E-state index is 14.1. The second-order valence-electron chi connectivity index (χ2n) is 8.13. The topological polar surface area (TPSA) is 101 Å². The number of carbonyl (C=O) groups is 2. The average molecular weight is 500 g/mol. The molecule has 1 aromatic heterocycles. The number of rotatable bonds is 5. The third kappa shape index (κ3) is 4.09. The highest BCUT2D eigenvalue weighted by Gasteiger charge is 2.54. The molecule has 33 heavy (non-hydrogen) atoms. The van der Waals surface area contributed by atoms with Crippen molar-refractivity contribution in [2.75, 3.05) is 13.7 Å². The first-order valence-electron chi connectivity index (χ1n) is 10.2. The molecule has 178 valence electrons. The lowest BCUT2D eigenvalue weighted by molar-refractivity contribution is -0.0910. The van der Waals surface area contributed by atoms with Crippen LogP contribution in [0.1, 0.15) is 46.2 Å². The van der Waals surface area contributed by atoms with Crippen molar-refractivity contribution in [1.29, 1.82) is 0 Å². The summed E-state index contributed by atoms with van der Waals surface area (Å²) < 4.78 is 20.9. The summed E-state index contributed by atoms with van der Waals surface area (Å²) in [5.74, 6) is -2.68. The van der Waals surface area contributed by atoms with Crippen LogP contribution >= 0.6 is 24.0 Å². The number of nitrogens with zero attached hydrogens (tertiary/aromatic N) is 2. The fourth-order valence-corrected chi connectivity index (χ4v) is 4.84. The highest BCUT2D eigenvalue weighted by Crippen LogP contribution is 2.44. The van der Waals surface area contributed by atoms with Crippen LogP contribution in [0.3, 0.4) is 0 Å². The molecule has 0 saturated heterocycles. The quantitative estimate of drug-likeness (QED) is 0.658. The standard InChI is InChI=1S/C22H23ClFN3O5.ClH/c1-3-27-21(31)17-19(29)18(28)14(10-26(17)11-22(27)7-13(8-22)32-2)20(30)25-9-12-5-4-6-15(23)16(12)24;/h4-6,10,13,29H,3,7-9,11H2,1-2H3,(H,25,30);1H/t13-,22+;. The van der Waals surface area contributed by atoms with Crippen LogP contribution in [0, 0.1) is 5.82 Å². The van der Waals surface area contributed by atoms with E-state index in [9.17, 15) is 23.9 Å². The van der Waals surface area contributed by atoms with Crippen molar-refractivity contribution in [3.63, 3.8) is 0 Å². The van der Waals surface area contributed by atoms with Crippen LogP contribution in [0.25, 0.3) is 0 Å². The van der Waals surface area contributed by atoms with Crippen LogP contribution in [0.5, 0.6) is 5.75 Å². The Morgan fingerprint density at radius 2 is 2.06 bits per heavy atom. The number of ether oxygens (including phenoxy) is 1. The maximum Gasteiger partial charge on any atom is 0.275 e. The minimum absolute atomic E-state index is 0. The molecule has 0 bridgehead atoms. The van der Waals surface area contributed by atoms with Gasteiger partial charge >= 0.3 is 0 Å². The molecule has 2 aliphatic rings. The molecule has 1 aliphatic heterocycles. The van der Waals surface area contributed by atoms with Gasteiger partial charge in [0.15, 0.2) is 11.4 Å². The Hall–Kier alpha value is -2.62. The number of methoxy groups -OCH3 is 1. The first-order valence-corrected chi connectivity index (χ1v) is 10.6. The third-order valence-electron chi connectivity index (χ3n) is 6.32. The van der Waals surface area contributed by atoms with Gasteiger partial charge in [0.1, 0.15) is 11.4 Å². The van der Waals surface area contributed by atoms with Crippen molar-refractivity contribution in [3.05, 3.63) is 62.3 Å². The van der Waals surface area contributed by atoms with E-state index < -0.39 is 34.3 Å². The molecule has 0 radical (unpaired) electrons. The molecule has 2 aromatic rings. The summed E-state index contributed by atoms with van der Waals surface area (Å²) in [4.78, 5) is 40.1. The highest BCUT2D eigenvalue weighted by molar-refractivity contribution is 6.30. The van der Waals surface area contributed by atoms with Gasteiger partial charge in [-0.25, -0.2) is 4.39 Å². The van der Waals surface area contributed by atoms with Crippen molar-refractivity contribution in [1.82, 2.24) is 14.8 Å². The molecule has 2 N–H and O–H groups in total. The third-order valence-corrected chi connectivity index (χ3v) is 6.61. The fourth-order valence-electron chi connectivity index (χ4n) is 4.65. The number of fused-ring (bicyclic) bond motifs is 1. The largest absolute Gasteiger partial charge is 0.503 e. The SMILES string of the molecule is CCN1C(=O)c2c(O)c(=O)c(C(=O)NCc3cccc(Cl)c3F)cn2C[C@]12C[C@H](OC)C2.Cl. The van der Waals surface area contributed by atoms with Crippen LogP contribution in [-0.4, -0.2) is 51.7 Å². The molecular formula is C22H24Cl2FN3O5. The van der Waals surface area contributed by atoms with Gasteiger partial charge in [0, 0.05) is 38.5 Å². The van der Waals surface area contributed by atoms with Crippen LogP contribution in [0.4, 0.5) is 4.39 Å². The van der Waals surface area contributed by atoms with E-state index in [1.54, 1.807) is 18.1 Å². The lowest BCUT2D eigenvalue weighted by atomic mass is 9.71. The summed E-state index contributed by atoms with van der Waals surface area (Å²) >= 11 is 5.76. The lowest BCUT2D eigenvalue weighted by Gasteiger charge is -2.56. The molecular weight excluding hydrogens is 476 g/mol. The summed E-state index contributed by atoms with van der Waals surface area (Å²) in [5, 5.41) is 12.9. The van der Waals surface area contributed by atoms with Crippen LogP contribution in [-0.2, 0) is 17.8 Å². The summed E-state index contributed by atoms with van der Waals surface area (Å²) in [6, 6.07) is 4.39. The van der Waals surface area contributed by atoms with Gasteiger partial charge in [0.05, 0.1) is 16.7 Å². The number of carbonyl (C=O) groups excluding carboxylic acids is 2. The van der Waals surface area contributed by atoms with Gasteiger partial charge in [-0.2, -0.15) is 0 Å². The van der Waals surface area contributed by atoms with Crippen molar-refractivity contribution in [3.8, 4) is 5.75 Å². The summed E-state index contributed by atoms with van der Waals surface area (Å²) in [6.07, 6.45) is 2.53. The molecule has 1 spiro atoms. The molecule has 1 saturated carbocycles. The van der Waals surface area contributed by atoms with E-state index >= 15 is 0 Å². The number of benzene rings is 1. The van der Waals surface area contributed by atoms with E-state index in [0.717, 1.165) is 0 Å². The van der Waals surface area contributed by atoms with Gasteiger partial charge in [-0.05, 0) is 25.8 Å². The van der Waals surface area contributed by atoms with Crippen molar-refractivity contribution >= 4 is 35.8 Å². The predicted molar refractivity (Wildman–Crippen MR) is 122 cm³/mol. The number of nitrogens with one attached hydrogen (secondary N) is 1. The number of pyridine rings is 1. The smallest absolute Gasteiger partial charge is 0.275 e. The Kier molecular flexibility index (Phi) is 7.07. The van der Waals surface area contributed by atoms with E-state index in [-0.39, 0.29) is 46.9 Å². The molecule has 2 amide bonds. The van der Waals surface area contributed by atoms with Gasteiger partial charge in [-0.1, -0.05) is 23.7 Å². The lowest BCUT2D eigenvalue weighted by Crippen LogP contribution is -2.66. The number of amides is 2. The molecule has 8 nitrogen and oxygen atoms in total. The van der Waals surface area contributed by atoms with E-state index in [1.807, 2.05) is 6.92 Å². The summed E-state index contributed by atoms with van der Waals surface area (Å²) in [7, 11) is 1.61. The predicted octanol–water partition coefficient (Wildman–Crippen LogP) is 2.72. The number of likely N-dealkylation sites (N-methyl/N-ethyl adjacent to an activating group) is 1. The van der Waals surface area contributed by atoms with Gasteiger partial charge < -0.3 is 24.6 Å². The number of aromatic hydroxyl groups is 1. The van der Waals surface area contributed by atoms with E-state index in [2.05, 4.69) is 5.32 Å². The Bertz CT molecular complexity index is 1160. The summed E-state index contributed by atoms with van der Waals surface area (Å²) in [5.41, 5.74) is -1.77. The normalized spacial score (nSPS) is 21.3. The van der Waals surface area contributed by atoms with Gasteiger partial charge in [-0.3, -0.25) is 14.4 Å². The molecule has 2 heterocycles. The van der Waals surface area contributed by atoms with Gasteiger partial charge in [-0.15, -0.1) is 12.4 Å². The van der Waals surface area contributed by atoms with Crippen LogP contribution < -0.4 is 10.7 Å². The van der Waals surface area contributed by atoms with E-state index in [0.29, 0.717) is 25.9 Å². The maximum atomic E-state index is 14.1. The molecule has 4 rings (SSSR count). The zero-order valence-corrected chi connectivity index (χ0v) is 19.6. The van der Waals surface area contributed by atoms with Crippen molar-refractivity contribution in [2.45, 2.75) is 44.5 Å². The van der Waals surface area contributed by atoms with E-state index in [1.165, 1.54) is 22.9 Å². The zero-order valence-electron chi connectivity index (χ0n) is 18.1. The first kappa shape index (κ1) is 25.0. The van der Waals surface area contributed by atoms with Gasteiger partial charge in [0.25, 0.3) is 11.8 Å². The Morgan fingerprint density at radius 1 is 1.36 bits per heavy atom. The van der Waals surface area contributed by atoms with E-state index in [4.69, 9.17) is 16.3 Å². The van der Waals surface area contributed by atoms with Gasteiger partial charge in [0.2, 0.25) is 5.43 Å². The minimum atomic E-state index is -0.955. The number of hydrogen-bond donors (Lipinski definition) is 2. The van der Waals surface area contributed by atoms with Crippen LogP contribution in [0.15, 0.2) is 29.2 Å². The molecule has 1 aliphatic carbocycles. The van der Waals surface area contributed by atoms with Crippen molar-refractivity contribution in [2.24, 2.45) is 0 Å². The highest BCUT2D eigenvalue weighted by atomic mass is 35.5. The Labute approximate surface area is 200 Å². The minimum Gasteiger partial charge on any atom is -0.503 e.